The van der Waals surface area contributed by atoms with Gasteiger partial charge in [0.05, 0.1) is 11.6 Å². The second-order valence-corrected chi connectivity index (χ2v) is 6.60. The lowest BCUT2D eigenvalue weighted by Crippen LogP contribution is -2.52. The van der Waals surface area contributed by atoms with Crippen molar-refractivity contribution in [2.24, 2.45) is 0 Å². The standard InChI is InChI=1S/C18H23ClN2O4/c1-2-24-15-6-5-13(12-14(15)19)17(22)20-7-9-21(10-8-20)18(23)16-4-3-11-25-16/h5-6,12,16H,2-4,7-11H2,1H3. The van der Waals surface area contributed by atoms with Crippen molar-refractivity contribution in [3.63, 3.8) is 0 Å². The van der Waals surface area contributed by atoms with Crippen LogP contribution in [0, 0.1) is 0 Å². The van der Waals surface area contributed by atoms with Crippen LogP contribution in [0.1, 0.15) is 30.1 Å². The van der Waals surface area contributed by atoms with Crippen molar-refractivity contribution in [1.29, 1.82) is 0 Å². The summed E-state index contributed by atoms with van der Waals surface area (Å²) in [6.07, 6.45) is 1.43. The minimum Gasteiger partial charge on any atom is -0.492 e. The summed E-state index contributed by atoms with van der Waals surface area (Å²) in [6, 6.07) is 5.08. The highest BCUT2D eigenvalue weighted by Crippen LogP contribution is 2.26. The fourth-order valence-electron chi connectivity index (χ4n) is 3.19. The summed E-state index contributed by atoms with van der Waals surface area (Å²) in [7, 11) is 0. The van der Waals surface area contributed by atoms with Gasteiger partial charge < -0.3 is 19.3 Å². The Morgan fingerprint density at radius 3 is 2.56 bits per heavy atom. The molecule has 0 aromatic heterocycles. The molecule has 0 bridgehead atoms. The second-order valence-electron chi connectivity index (χ2n) is 6.20. The van der Waals surface area contributed by atoms with Crippen LogP contribution in [0.2, 0.25) is 5.02 Å². The number of ether oxygens (including phenoxy) is 2. The molecule has 2 aliphatic rings. The van der Waals surface area contributed by atoms with Crippen LogP contribution < -0.4 is 4.74 Å². The number of amides is 2. The highest BCUT2D eigenvalue weighted by Gasteiger charge is 2.31. The maximum atomic E-state index is 12.7. The maximum absolute atomic E-state index is 12.7. The molecule has 3 rings (SSSR count). The predicted molar refractivity (Wildman–Crippen MR) is 94.1 cm³/mol. The Hall–Kier alpha value is -1.79. The molecule has 1 aromatic rings. The van der Waals surface area contributed by atoms with Gasteiger partial charge in [-0.05, 0) is 38.0 Å². The Bertz CT molecular complexity index is 638. The van der Waals surface area contributed by atoms with Gasteiger partial charge in [0, 0.05) is 38.3 Å². The van der Waals surface area contributed by atoms with E-state index in [-0.39, 0.29) is 17.9 Å². The van der Waals surface area contributed by atoms with Gasteiger partial charge in [-0.1, -0.05) is 11.6 Å². The highest BCUT2D eigenvalue weighted by atomic mass is 35.5. The van der Waals surface area contributed by atoms with Crippen LogP contribution in [0.15, 0.2) is 18.2 Å². The number of halogens is 1. The third-order valence-electron chi connectivity index (χ3n) is 4.56. The molecule has 1 aromatic carbocycles. The maximum Gasteiger partial charge on any atom is 0.254 e. The molecule has 2 amide bonds. The summed E-state index contributed by atoms with van der Waals surface area (Å²) in [5.41, 5.74) is 0.535. The van der Waals surface area contributed by atoms with Crippen LogP contribution in [-0.4, -0.2) is 67.1 Å². The lowest BCUT2D eigenvalue weighted by atomic mass is 10.1. The van der Waals surface area contributed by atoms with E-state index in [0.717, 1.165) is 12.8 Å². The first-order valence-electron chi connectivity index (χ1n) is 8.72. The average molecular weight is 367 g/mol. The molecule has 136 valence electrons. The molecule has 1 unspecified atom stereocenters. The molecule has 0 spiro atoms. The lowest BCUT2D eigenvalue weighted by molar-refractivity contribution is -0.142. The number of rotatable bonds is 4. The molecule has 1 atom stereocenters. The van der Waals surface area contributed by atoms with E-state index in [1.807, 2.05) is 6.92 Å². The summed E-state index contributed by atoms with van der Waals surface area (Å²) in [4.78, 5) is 28.6. The van der Waals surface area contributed by atoms with E-state index in [9.17, 15) is 9.59 Å². The molecule has 2 aliphatic heterocycles. The fourth-order valence-corrected chi connectivity index (χ4v) is 3.43. The zero-order valence-corrected chi connectivity index (χ0v) is 15.1. The van der Waals surface area contributed by atoms with Gasteiger partial charge in [-0.15, -0.1) is 0 Å². The largest absolute Gasteiger partial charge is 0.492 e. The SMILES string of the molecule is CCOc1ccc(C(=O)N2CCN(C(=O)C3CCCO3)CC2)cc1Cl. The third-order valence-corrected chi connectivity index (χ3v) is 4.86. The van der Waals surface area contributed by atoms with Crippen molar-refractivity contribution in [3.8, 4) is 5.75 Å². The molecule has 0 aliphatic carbocycles. The van der Waals surface area contributed by atoms with Crippen LogP contribution in [-0.2, 0) is 9.53 Å². The zero-order chi connectivity index (χ0) is 17.8. The third kappa shape index (κ3) is 4.07. The molecule has 2 saturated heterocycles. The van der Waals surface area contributed by atoms with Crippen molar-refractivity contribution in [2.75, 3.05) is 39.4 Å². The quantitative estimate of drug-likeness (QED) is 0.819. The minimum absolute atomic E-state index is 0.0497. The minimum atomic E-state index is -0.299. The van der Waals surface area contributed by atoms with Crippen LogP contribution in [0.3, 0.4) is 0 Å². The van der Waals surface area contributed by atoms with Gasteiger partial charge >= 0.3 is 0 Å². The van der Waals surface area contributed by atoms with Gasteiger partial charge in [0.1, 0.15) is 11.9 Å². The molecule has 0 N–H and O–H groups in total. The molecular weight excluding hydrogens is 344 g/mol. The van der Waals surface area contributed by atoms with Crippen molar-refractivity contribution in [2.45, 2.75) is 25.9 Å². The average Bonchev–Trinajstić information content (AvgIpc) is 3.17. The predicted octanol–water partition coefficient (Wildman–Crippen LogP) is 2.20. The summed E-state index contributed by atoms with van der Waals surface area (Å²) < 4.78 is 10.9. The Labute approximate surface area is 152 Å². The number of carbonyl (C=O) groups excluding carboxylic acids is 2. The number of nitrogens with zero attached hydrogens (tertiary/aromatic N) is 2. The van der Waals surface area contributed by atoms with E-state index in [4.69, 9.17) is 21.1 Å². The molecule has 25 heavy (non-hydrogen) atoms. The first-order valence-corrected chi connectivity index (χ1v) is 9.10. The molecular formula is C18H23ClN2O4. The number of hydrogen-bond acceptors (Lipinski definition) is 4. The van der Waals surface area contributed by atoms with Gasteiger partial charge in [-0.2, -0.15) is 0 Å². The van der Waals surface area contributed by atoms with Gasteiger partial charge in [0.2, 0.25) is 0 Å². The fraction of sp³-hybridized carbons (Fsp3) is 0.556. The van der Waals surface area contributed by atoms with Crippen LogP contribution in [0.4, 0.5) is 0 Å². The van der Waals surface area contributed by atoms with Crippen molar-refractivity contribution in [1.82, 2.24) is 9.80 Å². The first kappa shape index (κ1) is 18.0. The Balaban J connectivity index is 1.58. The molecule has 6 nitrogen and oxygen atoms in total. The van der Waals surface area contributed by atoms with E-state index in [1.54, 1.807) is 28.0 Å². The molecule has 0 radical (unpaired) electrons. The summed E-state index contributed by atoms with van der Waals surface area (Å²) in [5.74, 6) is 0.551. The number of carbonyl (C=O) groups is 2. The molecule has 2 fully saturated rings. The number of benzene rings is 1. The van der Waals surface area contributed by atoms with Crippen LogP contribution >= 0.6 is 11.6 Å². The monoisotopic (exact) mass is 366 g/mol. The van der Waals surface area contributed by atoms with E-state index in [0.29, 0.717) is 55.7 Å². The summed E-state index contributed by atoms with van der Waals surface area (Å²) >= 11 is 6.17. The number of hydrogen-bond donors (Lipinski definition) is 0. The second kappa shape index (κ2) is 8.06. The Morgan fingerprint density at radius 2 is 1.96 bits per heavy atom. The van der Waals surface area contributed by atoms with Crippen molar-refractivity contribution in [3.05, 3.63) is 28.8 Å². The normalized spacial score (nSPS) is 20.6. The topological polar surface area (TPSA) is 59.1 Å². The smallest absolute Gasteiger partial charge is 0.254 e. The highest BCUT2D eigenvalue weighted by molar-refractivity contribution is 6.32. The van der Waals surface area contributed by atoms with E-state index in [1.165, 1.54) is 0 Å². The van der Waals surface area contributed by atoms with Crippen molar-refractivity contribution >= 4 is 23.4 Å². The van der Waals surface area contributed by atoms with Crippen molar-refractivity contribution < 1.29 is 19.1 Å². The van der Waals surface area contributed by atoms with Gasteiger partial charge in [-0.3, -0.25) is 9.59 Å². The van der Waals surface area contributed by atoms with E-state index >= 15 is 0 Å². The van der Waals surface area contributed by atoms with Gasteiger partial charge in [-0.25, -0.2) is 0 Å². The summed E-state index contributed by atoms with van der Waals surface area (Å²) in [5, 5.41) is 0.430. The Morgan fingerprint density at radius 1 is 1.24 bits per heavy atom. The van der Waals surface area contributed by atoms with Crippen LogP contribution in [0.25, 0.3) is 0 Å². The van der Waals surface area contributed by atoms with E-state index < -0.39 is 0 Å². The molecule has 0 saturated carbocycles. The zero-order valence-electron chi connectivity index (χ0n) is 14.4. The van der Waals surface area contributed by atoms with Crippen LogP contribution in [0.5, 0.6) is 5.75 Å². The Kier molecular flexibility index (Phi) is 5.81. The molecule has 7 heteroatoms. The first-order chi connectivity index (χ1) is 12.1. The summed E-state index contributed by atoms with van der Waals surface area (Å²) in [6.45, 7) is 5.17. The van der Waals surface area contributed by atoms with E-state index in [2.05, 4.69) is 0 Å². The van der Waals surface area contributed by atoms with Gasteiger partial charge in [0.25, 0.3) is 11.8 Å². The van der Waals surface area contributed by atoms with Gasteiger partial charge in [0.15, 0.2) is 0 Å². The lowest BCUT2D eigenvalue weighted by Gasteiger charge is -2.35. The number of piperazine rings is 1. The molecule has 2 heterocycles.